The van der Waals surface area contributed by atoms with Crippen LogP contribution in [0.4, 0.5) is 5.69 Å². The van der Waals surface area contributed by atoms with Crippen LogP contribution in [0.2, 0.25) is 0 Å². The van der Waals surface area contributed by atoms with E-state index in [1.54, 1.807) is 36.0 Å². The van der Waals surface area contributed by atoms with Crippen LogP contribution in [-0.2, 0) is 21.2 Å². The summed E-state index contributed by atoms with van der Waals surface area (Å²) >= 11 is 1.62. The lowest BCUT2D eigenvalue weighted by atomic mass is 10.1. The molecule has 31 heavy (non-hydrogen) atoms. The number of hydrogen-bond donors (Lipinski definition) is 2. The maximum atomic E-state index is 12.7. The molecule has 0 radical (unpaired) electrons. The molecule has 3 rings (SSSR count). The highest BCUT2D eigenvalue weighted by Gasteiger charge is 2.18. The van der Waals surface area contributed by atoms with Gasteiger partial charge in [-0.3, -0.25) is 4.79 Å². The zero-order valence-corrected chi connectivity index (χ0v) is 19.2. The van der Waals surface area contributed by atoms with Gasteiger partial charge >= 0.3 is 0 Å². The summed E-state index contributed by atoms with van der Waals surface area (Å²) in [4.78, 5) is 13.5. The first kappa shape index (κ1) is 23.1. The van der Waals surface area contributed by atoms with Gasteiger partial charge in [-0.2, -0.15) is 0 Å². The highest BCUT2D eigenvalue weighted by molar-refractivity contribution is 7.98. The summed E-state index contributed by atoms with van der Waals surface area (Å²) < 4.78 is 28.0. The summed E-state index contributed by atoms with van der Waals surface area (Å²) in [5.41, 5.74) is 2.58. The van der Waals surface area contributed by atoms with Crippen molar-refractivity contribution in [3.63, 3.8) is 0 Å². The Morgan fingerprint density at radius 3 is 2.35 bits per heavy atom. The van der Waals surface area contributed by atoms with E-state index in [4.69, 9.17) is 0 Å². The Kier molecular flexibility index (Phi) is 7.90. The largest absolute Gasteiger partial charge is 0.326 e. The first-order chi connectivity index (χ1) is 14.9. The van der Waals surface area contributed by atoms with Crippen molar-refractivity contribution in [2.45, 2.75) is 35.6 Å². The second kappa shape index (κ2) is 10.6. The average molecular weight is 455 g/mol. The summed E-state index contributed by atoms with van der Waals surface area (Å²) in [7, 11) is -3.63. The smallest absolute Gasteiger partial charge is 0.241 e. The zero-order valence-electron chi connectivity index (χ0n) is 17.5. The van der Waals surface area contributed by atoms with Crippen molar-refractivity contribution < 1.29 is 13.2 Å². The first-order valence-electron chi connectivity index (χ1n) is 9.97. The number of thioether (sulfide) groups is 1. The van der Waals surface area contributed by atoms with E-state index in [-0.39, 0.29) is 16.8 Å². The van der Waals surface area contributed by atoms with Crippen LogP contribution in [0.1, 0.15) is 30.5 Å². The number of aryl methyl sites for hydroxylation is 1. The Bertz CT molecular complexity index is 1120. The summed E-state index contributed by atoms with van der Waals surface area (Å²) in [6.07, 6.45) is 2.84. The molecule has 0 aromatic heterocycles. The van der Waals surface area contributed by atoms with E-state index in [9.17, 15) is 13.2 Å². The van der Waals surface area contributed by atoms with Crippen LogP contribution in [-0.4, -0.2) is 20.6 Å². The maximum absolute atomic E-state index is 12.7. The fraction of sp³-hybridized carbons (Fsp3) is 0.208. The fourth-order valence-electron chi connectivity index (χ4n) is 3.13. The fourth-order valence-corrected chi connectivity index (χ4v) is 4.82. The van der Waals surface area contributed by atoms with E-state index < -0.39 is 10.0 Å². The Labute approximate surface area is 188 Å². The van der Waals surface area contributed by atoms with Gasteiger partial charge in [-0.05, 0) is 61.1 Å². The molecule has 1 atom stereocenters. The topological polar surface area (TPSA) is 75.3 Å². The van der Waals surface area contributed by atoms with Gasteiger partial charge < -0.3 is 5.32 Å². The van der Waals surface area contributed by atoms with Crippen LogP contribution >= 0.6 is 11.8 Å². The second-order valence-electron chi connectivity index (χ2n) is 7.18. The minimum absolute atomic E-state index is 0.0756. The quantitative estimate of drug-likeness (QED) is 0.445. The van der Waals surface area contributed by atoms with Crippen molar-refractivity contribution in [1.82, 2.24) is 4.72 Å². The third kappa shape index (κ3) is 6.69. The molecule has 0 spiro atoms. The number of carbonyl (C=O) groups is 1. The average Bonchev–Trinajstić information content (AvgIpc) is 2.78. The van der Waals surface area contributed by atoms with Gasteiger partial charge in [0.2, 0.25) is 15.9 Å². The Hall–Kier alpha value is -2.61. The Morgan fingerprint density at radius 1 is 0.968 bits per heavy atom. The van der Waals surface area contributed by atoms with E-state index >= 15 is 0 Å². The molecule has 3 aromatic carbocycles. The monoisotopic (exact) mass is 454 g/mol. The van der Waals surface area contributed by atoms with Gasteiger partial charge in [-0.1, -0.05) is 48.5 Å². The van der Waals surface area contributed by atoms with Crippen molar-refractivity contribution in [3.8, 4) is 0 Å². The molecule has 5 nitrogen and oxygen atoms in total. The lowest BCUT2D eigenvalue weighted by Gasteiger charge is -2.15. The molecule has 0 aliphatic carbocycles. The predicted octanol–water partition coefficient (Wildman–Crippen LogP) is 5.02. The van der Waals surface area contributed by atoms with Crippen molar-refractivity contribution in [3.05, 3.63) is 90.0 Å². The summed E-state index contributed by atoms with van der Waals surface area (Å²) in [5, 5.41) is 2.90. The zero-order chi connectivity index (χ0) is 22.3. The van der Waals surface area contributed by atoms with Crippen LogP contribution in [0.25, 0.3) is 0 Å². The van der Waals surface area contributed by atoms with E-state index in [0.717, 1.165) is 21.7 Å². The number of sulfonamides is 1. The van der Waals surface area contributed by atoms with Crippen LogP contribution in [0.5, 0.6) is 0 Å². The number of carbonyl (C=O) groups excluding carboxylic acids is 1. The highest BCUT2D eigenvalue weighted by atomic mass is 32.2. The summed E-state index contributed by atoms with van der Waals surface area (Å²) in [5.74, 6) is -0.0756. The lowest BCUT2D eigenvalue weighted by molar-refractivity contribution is -0.116. The molecule has 0 heterocycles. The molecular formula is C24H26N2O3S2. The lowest BCUT2D eigenvalue weighted by Crippen LogP contribution is -2.26. The molecule has 0 bridgehead atoms. The van der Waals surface area contributed by atoms with Crippen molar-refractivity contribution >= 4 is 33.4 Å². The predicted molar refractivity (Wildman–Crippen MR) is 127 cm³/mol. The van der Waals surface area contributed by atoms with Gasteiger partial charge in [0.15, 0.2) is 0 Å². The summed E-state index contributed by atoms with van der Waals surface area (Å²) in [6.45, 7) is 1.81. The minimum atomic E-state index is -3.63. The molecule has 0 fully saturated rings. The van der Waals surface area contributed by atoms with E-state index in [1.165, 1.54) is 0 Å². The Balaban J connectivity index is 1.56. The molecule has 2 N–H and O–H groups in total. The maximum Gasteiger partial charge on any atom is 0.241 e. The third-order valence-corrected chi connectivity index (χ3v) is 7.14. The van der Waals surface area contributed by atoms with Gasteiger partial charge in [0.1, 0.15) is 0 Å². The molecule has 7 heteroatoms. The van der Waals surface area contributed by atoms with Gasteiger partial charge in [-0.15, -0.1) is 11.8 Å². The van der Waals surface area contributed by atoms with Gasteiger partial charge in [0.05, 0.1) is 4.90 Å². The van der Waals surface area contributed by atoms with Gasteiger partial charge in [0.25, 0.3) is 0 Å². The van der Waals surface area contributed by atoms with E-state index in [0.29, 0.717) is 12.8 Å². The normalized spacial score (nSPS) is 12.3. The van der Waals surface area contributed by atoms with Crippen LogP contribution < -0.4 is 10.0 Å². The number of hydrogen-bond acceptors (Lipinski definition) is 4. The van der Waals surface area contributed by atoms with Crippen LogP contribution in [0, 0.1) is 0 Å². The number of amides is 1. The van der Waals surface area contributed by atoms with Crippen molar-refractivity contribution in [2.75, 3.05) is 11.6 Å². The number of rotatable bonds is 9. The molecule has 0 unspecified atom stereocenters. The second-order valence-corrected chi connectivity index (χ2v) is 9.77. The van der Waals surface area contributed by atoms with Crippen LogP contribution in [0.3, 0.4) is 0 Å². The molecule has 0 saturated heterocycles. The molecule has 162 valence electrons. The minimum Gasteiger partial charge on any atom is -0.326 e. The van der Waals surface area contributed by atoms with Crippen LogP contribution in [0.15, 0.2) is 88.7 Å². The summed E-state index contributed by atoms with van der Waals surface area (Å²) in [6, 6.07) is 23.5. The first-order valence-corrected chi connectivity index (χ1v) is 12.7. The molecule has 0 aliphatic rings. The van der Waals surface area contributed by atoms with E-state index in [1.807, 2.05) is 67.8 Å². The van der Waals surface area contributed by atoms with Crippen molar-refractivity contribution in [1.29, 1.82) is 0 Å². The number of nitrogens with one attached hydrogen (secondary N) is 2. The SMILES string of the molecule is CSc1cccc(NC(=O)CCc2ccc(S(=O)(=O)N[C@@H](C)c3ccccc3)cc2)c1. The van der Waals surface area contributed by atoms with Gasteiger partial charge in [-0.25, -0.2) is 13.1 Å². The molecule has 1 amide bonds. The molecule has 0 aliphatic heterocycles. The third-order valence-electron chi connectivity index (χ3n) is 4.86. The van der Waals surface area contributed by atoms with Gasteiger partial charge in [0, 0.05) is 23.0 Å². The molecule has 3 aromatic rings. The highest BCUT2D eigenvalue weighted by Crippen LogP contribution is 2.20. The number of anilines is 1. The standard InChI is InChI=1S/C24H26N2O3S2/c1-18(20-7-4-3-5-8-20)26-31(28,29)23-14-11-19(12-15-23)13-16-24(27)25-21-9-6-10-22(17-21)30-2/h3-12,14-15,17-18,26H,13,16H2,1-2H3,(H,25,27)/t18-/m0/s1. The van der Waals surface area contributed by atoms with E-state index in [2.05, 4.69) is 10.0 Å². The Morgan fingerprint density at radius 2 is 1.68 bits per heavy atom. The van der Waals surface area contributed by atoms with Crippen molar-refractivity contribution in [2.24, 2.45) is 0 Å². The molecular weight excluding hydrogens is 428 g/mol. The molecule has 0 saturated carbocycles. The number of benzene rings is 3.